The fourth-order valence-corrected chi connectivity index (χ4v) is 5.06. The van der Waals surface area contributed by atoms with Gasteiger partial charge in [-0.15, -0.1) is 0 Å². The maximum absolute atomic E-state index is 14.0. The van der Waals surface area contributed by atoms with Crippen molar-refractivity contribution in [1.29, 1.82) is 0 Å². The Labute approximate surface area is 213 Å². The Morgan fingerprint density at radius 2 is 1.69 bits per heavy atom. The first-order valence-electron chi connectivity index (χ1n) is 11.2. The lowest BCUT2D eigenvalue weighted by atomic mass is 10.0. The normalized spacial score (nSPS) is 14.5. The number of hydrogen-bond acceptors (Lipinski definition) is 3. The predicted octanol–water partition coefficient (Wildman–Crippen LogP) is 6.36. The summed E-state index contributed by atoms with van der Waals surface area (Å²) in [5.74, 6) is 0.0827. The molecule has 0 N–H and O–H groups in total. The fraction of sp³-hybridized carbons (Fsp3) is 0.185. The zero-order chi connectivity index (χ0) is 24.7. The minimum atomic E-state index is -0.480. The van der Waals surface area contributed by atoms with Crippen LogP contribution in [0, 0.1) is 0 Å². The van der Waals surface area contributed by atoms with E-state index in [1.54, 1.807) is 35.4 Å². The highest BCUT2D eigenvalue weighted by molar-refractivity contribution is 6.35. The van der Waals surface area contributed by atoms with Crippen molar-refractivity contribution < 1.29 is 14.0 Å². The van der Waals surface area contributed by atoms with Gasteiger partial charge < -0.3 is 13.9 Å². The van der Waals surface area contributed by atoms with Crippen LogP contribution in [0.15, 0.2) is 83.6 Å². The number of benzene rings is 2. The van der Waals surface area contributed by atoms with E-state index >= 15 is 0 Å². The Balaban J connectivity index is 1.55. The summed E-state index contributed by atoms with van der Waals surface area (Å²) in [5.41, 5.74) is 2.85. The van der Waals surface area contributed by atoms with Gasteiger partial charge in [0.25, 0.3) is 5.91 Å². The number of halogens is 2. The molecule has 1 aliphatic heterocycles. The summed E-state index contributed by atoms with van der Waals surface area (Å²) in [6, 6.07) is 19.3. The van der Waals surface area contributed by atoms with Crippen molar-refractivity contribution in [3.05, 3.63) is 106 Å². The molecule has 6 nitrogen and oxygen atoms in total. The summed E-state index contributed by atoms with van der Waals surface area (Å²) in [4.78, 5) is 30.7. The number of para-hydroxylation sites is 2. The summed E-state index contributed by atoms with van der Waals surface area (Å²) >= 11 is 12.3. The number of hydrogen-bond donors (Lipinski definition) is 0. The van der Waals surface area contributed by atoms with Crippen LogP contribution in [0.3, 0.4) is 0 Å². The summed E-state index contributed by atoms with van der Waals surface area (Å²) in [7, 11) is 0. The largest absolute Gasteiger partial charge is 0.467 e. The molecule has 2 aromatic carbocycles. The van der Waals surface area contributed by atoms with E-state index in [4.69, 9.17) is 27.6 Å². The van der Waals surface area contributed by atoms with Crippen molar-refractivity contribution in [2.45, 2.75) is 25.9 Å². The van der Waals surface area contributed by atoms with Crippen molar-refractivity contribution in [3.8, 4) is 5.69 Å². The Morgan fingerprint density at radius 3 is 2.34 bits per heavy atom. The van der Waals surface area contributed by atoms with Gasteiger partial charge in [0.1, 0.15) is 18.3 Å². The molecule has 0 bridgehead atoms. The summed E-state index contributed by atoms with van der Waals surface area (Å²) in [5, 5.41) is 0.721. The van der Waals surface area contributed by atoms with E-state index in [1.165, 1.54) is 4.90 Å². The average molecular weight is 508 g/mol. The SMILES string of the molecule is CC(C)N(CC(=O)N1c2ccccc2-n2cccc2C1c1ccco1)C(=O)c1cc(Cl)cc(Cl)c1. The number of amides is 2. The molecule has 3 heterocycles. The third-order valence-electron chi connectivity index (χ3n) is 6.10. The zero-order valence-electron chi connectivity index (χ0n) is 19.2. The summed E-state index contributed by atoms with van der Waals surface area (Å²) in [6.45, 7) is 3.61. The molecule has 2 amide bonds. The zero-order valence-corrected chi connectivity index (χ0v) is 20.7. The van der Waals surface area contributed by atoms with E-state index in [2.05, 4.69) is 4.57 Å². The fourth-order valence-electron chi connectivity index (χ4n) is 4.53. The molecule has 8 heteroatoms. The molecular weight excluding hydrogens is 485 g/mol. The second-order valence-electron chi connectivity index (χ2n) is 8.66. The number of fused-ring (bicyclic) bond motifs is 3. The Hall–Kier alpha value is -3.48. The smallest absolute Gasteiger partial charge is 0.254 e. The van der Waals surface area contributed by atoms with Gasteiger partial charge in [-0.1, -0.05) is 35.3 Å². The Bertz CT molecular complexity index is 1370. The highest BCUT2D eigenvalue weighted by atomic mass is 35.5. The molecule has 178 valence electrons. The molecule has 5 rings (SSSR count). The quantitative estimate of drug-likeness (QED) is 0.315. The van der Waals surface area contributed by atoms with Crippen LogP contribution in [0.5, 0.6) is 0 Å². The molecule has 2 aromatic heterocycles. The minimum Gasteiger partial charge on any atom is -0.467 e. The van der Waals surface area contributed by atoms with Gasteiger partial charge in [-0.05, 0) is 68.4 Å². The van der Waals surface area contributed by atoms with Crippen molar-refractivity contribution in [2.75, 3.05) is 11.4 Å². The van der Waals surface area contributed by atoms with Crippen LogP contribution >= 0.6 is 23.2 Å². The molecule has 0 saturated heterocycles. The monoisotopic (exact) mass is 507 g/mol. The number of furan rings is 1. The predicted molar refractivity (Wildman–Crippen MR) is 136 cm³/mol. The van der Waals surface area contributed by atoms with Gasteiger partial charge in [-0.3, -0.25) is 14.5 Å². The van der Waals surface area contributed by atoms with E-state index in [-0.39, 0.29) is 24.4 Å². The molecule has 0 fully saturated rings. The number of aromatic nitrogens is 1. The van der Waals surface area contributed by atoms with E-state index in [0.29, 0.717) is 21.4 Å². The molecule has 35 heavy (non-hydrogen) atoms. The van der Waals surface area contributed by atoms with Gasteiger partial charge in [0, 0.05) is 27.8 Å². The first-order valence-corrected chi connectivity index (χ1v) is 12.0. The van der Waals surface area contributed by atoms with Crippen LogP contribution in [0.2, 0.25) is 10.0 Å². The van der Waals surface area contributed by atoms with Crippen LogP contribution < -0.4 is 4.90 Å². The molecular formula is C27H23Cl2N3O3. The number of nitrogens with zero attached hydrogens (tertiary/aromatic N) is 3. The Morgan fingerprint density at radius 1 is 0.971 bits per heavy atom. The lowest BCUT2D eigenvalue weighted by Crippen LogP contribution is -2.48. The third kappa shape index (κ3) is 4.24. The lowest BCUT2D eigenvalue weighted by molar-refractivity contribution is -0.120. The van der Waals surface area contributed by atoms with E-state index in [1.807, 2.05) is 62.5 Å². The van der Waals surface area contributed by atoms with Crippen LogP contribution in [0.4, 0.5) is 5.69 Å². The number of carbonyl (C=O) groups excluding carboxylic acids is 2. The molecule has 0 aliphatic carbocycles. The van der Waals surface area contributed by atoms with Crippen LogP contribution in [-0.2, 0) is 4.79 Å². The van der Waals surface area contributed by atoms with Gasteiger partial charge in [-0.2, -0.15) is 0 Å². The van der Waals surface area contributed by atoms with Crippen LogP contribution in [0.1, 0.15) is 41.7 Å². The minimum absolute atomic E-state index is 0.132. The van der Waals surface area contributed by atoms with Crippen molar-refractivity contribution in [1.82, 2.24) is 9.47 Å². The first kappa shape index (κ1) is 23.3. The van der Waals surface area contributed by atoms with E-state index < -0.39 is 6.04 Å². The van der Waals surface area contributed by atoms with Crippen molar-refractivity contribution in [2.24, 2.45) is 0 Å². The molecule has 1 aliphatic rings. The Kier molecular flexibility index (Phi) is 6.17. The standard InChI is InChI=1S/C27H23Cl2N3O3/c1-17(2)31(27(34)18-13-19(28)15-20(29)14-18)16-25(33)32-22-8-4-3-7-21(22)30-11-5-9-23(30)26(32)24-10-6-12-35-24/h3-15,17,26H,16H2,1-2H3. The second-order valence-corrected chi connectivity index (χ2v) is 9.53. The molecule has 0 spiro atoms. The average Bonchev–Trinajstić information content (AvgIpc) is 3.53. The highest BCUT2D eigenvalue weighted by Gasteiger charge is 2.38. The van der Waals surface area contributed by atoms with Crippen molar-refractivity contribution >= 4 is 40.7 Å². The molecule has 0 radical (unpaired) electrons. The maximum atomic E-state index is 14.0. The molecule has 4 aromatic rings. The van der Waals surface area contributed by atoms with Crippen LogP contribution in [-0.4, -0.2) is 33.9 Å². The van der Waals surface area contributed by atoms with Gasteiger partial charge >= 0.3 is 0 Å². The summed E-state index contributed by atoms with van der Waals surface area (Å²) in [6.07, 6.45) is 3.57. The van der Waals surface area contributed by atoms with Crippen LogP contribution in [0.25, 0.3) is 5.69 Å². The maximum Gasteiger partial charge on any atom is 0.254 e. The third-order valence-corrected chi connectivity index (χ3v) is 6.54. The number of anilines is 1. The second kappa shape index (κ2) is 9.29. The van der Waals surface area contributed by atoms with E-state index in [9.17, 15) is 9.59 Å². The first-order chi connectivity index (χ1) is 16.8. The number of carbonyl (C=O) groups is 2. The van der Waals surface area contributed by atoms with Crippen molar-refractivity contribution in [3.63, 3.8) is 0 Å². The van der Waals surface area contributed by atoms with E-state index in [0.717, 1.165) is 17.1 Å². The highest BCUT2D eigenvalue weighted by Crippen LogP contribution is 2.42. The van der Waals surface area contributed by atoms with Gasteiger partial charge in [0.15, 0.2) is 0 Å². The topological polar surface area (TPSA) is 58.7 Å². The van der Waals surface area contributed by atoms with Gasteiger partial charge in [-0.25, -0.2) is 0 Å². The van der Waals surface area contributed by atoms with Gasteiger partial charge in [0.05, 0.1) is 23.3 Å². The molecule has 1 unspecified atom stereocenters. The lowest BCUT2D eigenvalue weighted by Gasteiger charge is -2.38. The number of rotatable bonds is 5. The molecule has 1 atom stereocenters. The summed E-state index contributed by atoms with van der Waals surface area (Å²) < 4.78 is 7.83. The molecule has 0 saturated carbocycles. The van der Waals surface area contributed by atoms with Gasteiger partial charge in [0.2, 0.25) is 5.91 Å².